The molecular weight excluding hydrogens is 236 g/mol. The van der Waals surface area contributed by atoms with Crippen molar-refractivity contribution in [2.45, 2.75) is 51.9 Å². The van der Waals surface area contributed by atoms with Gasteiger partial charge in [0.2, 0.25) is 0 Å². The van der Waals surface area contributed by atoms with E-state index in [0.29, 0.717) is 12.1 Å². The largest absolute Gasteiger partial charge is 0.344 e. The van der Waals surface area contributed by atoms with Crippen LogP contribution >= 0.6 is 0 Å². The lowest BCUT2D eigenvalue weighted by molar-refractivity contribution is 0.558. The van der Waals surface area contributed by atoms with E-state index in [1.165, 1.54) is 24.2 Å². The van der Waals surface area contributed by atoms with Crippen LogP contribution in [0.25, 0.3) is 0 Å². The fourth-order valence-electron chi connectivity index (χ4n) is 2.38. The molecule has 2 heterocycles. The van der Waals surface area contributed by atoms with Crippen LogP contribution in [-0.2, 0) is 13.1 Å². The van der Waals surface area contributed by atoms with Gasteiger partial charge in [0.15, 0.2) is 0 Å². The number of nitrogens with one attached hydrogen (secondary N) is 1. The number of aromatic nitrogens is 3. The first-order chi connectivity index (χ1) is 9.24. The van der Waals surface area contributed by atoms with Crippen molar-refractivity contribution in [3.05, 3.63) is 42.2 Å². The van der Waals surface area contributed by atoms with Crippen LogP contribution in [0.4, 0.5) is 0 Å². The molecule has 4 nitrogen and oxygen atoms in total. The summed E-state index contributed by atoms with van der Waals surface area (Å²) in [4.78, 5) is 4.30. The quantitative estimate of drug-likeness (QED) is 0.864. The molecule has 1 saturated carbocycles. The van der Waals surface area contributed by atoms with E-state index in [1.807, 2.05) is 12.5 Å². The van der Waals surface area contributed by atoms with E-state index in [9.17, 15) is 0 Å². The Hall–Kier alpha value is -1.55. The second kappa shape index (κ2) is 5.21. The van der Waals surface area contributed by atoms with Crippen molar-refractivity contribution in [2.24, 2.45) is 0 Å². The summed E-state index contributed by atoms with van der Waals surface area (Å²) in [6.45, 7) is 6.19. The molecule has 1 aliphatic rings. The number of hydrogen-bond acceptors (Lipinski definition) is 2. The van der Waals surface area contributed by atoms with Crippen LogP contribution < -0.4 is 5.32 Å². The molecule has 3 rings (SSSR count). The Balaban J connectivity index is 1.72. The molecule has 1 aliphatic carbocycles. The van der Waals surface area contributed by atoms with Gasteiger partial charge in [0.1, 0.15) is 0 Å². The zero-order chi connectivity index (χ0) is 13.2. The Morgan fingerprint density at radius 3 is 2.95 bits per heavy atom. The first kappa shape index (κ1) is 12.5. The minimum Gasteiger partial charge on any atom is -0.344 e. The summed E-state index contributed by atoms with van der Waals surface area (Å²) in [7, 11) is 0. The lowest BCUT2D eigenvalue weighted by Crippen LogP contribution is -2.23. The van der Waals surface area contributed by atoms with Crippen LogP contribution in [0, 0.1) is 0 Å². The van der Waals surface area contributed by atoms with E-state index in [-0.39, 0.29) is 0 Å². The monoisotopic (exact) mass is 258 g/mol. The van der Waals surface area contributed by atoms with Crippen molar-refractivity contribution in [3.63, 3.8) is 0 Å². The molecule has 0 radical (unpaired) electrons. The standard InChI is InChI=1S/C15H22N4/c1-12(2)17-9-14-4-3-7-18(14)10-15-8-16-11-19(15)13-5-6-13/h3-4,7-8,11-13,17H,5-6,9-10H2,1-2H3. The molecule has 1 fully saturated rings. The van der Waals surface area contributed by atoms with Gasteiger partial charge in [0.05, 0.1) is 18.6 Å². The van der Waals surface area contributed by atoms with E-state index in [4.69, 9.17) is 0 Å². The Morgan fingerprint density at radius 1 is 1.37 bits per heavy atom. The van der Waals surface area contributed by atoms with Crippen molar-refractivity contribution in [3.8, 4) is 0 Å². The average Bonchev–Trinajstić information content (AvgIpc) is 2.96. The van der Waals surface area contributed by atoms with Crippen LogP contribution in [0.5, 0.6) is 0 Å². The number of rotatable bonds is 6. The molecule has 0 unspecified atom stereocenters. The van der Waals surface area contributed by atoms with E-state index < -0.39 is 0 Å². The Morgan fingerprint density at radius 2 is 2.21 bits per heavy atom. The zero-order valence-electron chi connectivity index (χ0n) is 11.7. The molecule has 0 aliphatic heterocycles. The third-order valence-corrected chi connectivity index (χ3v) is 3.63. The van der Waals surface area contributed by atoms with Gasteiger partial charge in [0, 0.05) is 36.7 Å². The third-order valence-electron chi connectivity index (χ3n) is 3.63. The zero-order valence-corrected chi connectivity index (χ0v) is 11.7. The minimum atomic E-state index is 0.514. The van der Waals surface area contributed by atoms with E-state index >= 15 is 0 Å². The van der Waals surface area contributed by atoms with Crippen LogP contribution in [0.2, 0.25) is 0 Å². The molecule has 0 bridgehead atoms. The predicted molar refractivity (Wildman–Crippen MR) is 76.0 cm³/mol. The summed E-state index contributed by atoms with van der Waals surface area (Å²) in [5, 5.41) is 3.47. The first-order valence-electron chi connectivity index (χ1n) is 7.12. The second-order valence-corrected chi connectivity index (χ2v) is 5.69. The van der Waals surface area contributed by atoms with Gasteiger partial charge in [-0.2, -0.15) is 0 Å². The Labute approximate surface area is 114 Å². The second-order valence-electron chi connectivity index (χ2n) is 5.69. The number of nitrogens with zero attached hydrogens (tertiary/aromatic N) is 3. The van der Waals surface area contributed by atoms with Gasteiger partial charge in [-0.1, -0.05) is 13.8 Å². The molecule has 2 aromatic heterocycles. The van der Waals surface area contributed by atoms with Crippen LogP contribution in [0.3, 0.4) is 0 Å². The highest BCUT2D eigenvalue weighted by Gasteiger charge is 2.25. The van der Waals surface area contributed by atoms with Gasteiger partial charge in [-0.3, -0.25) is 0 Å². The highest BCUT2D eigenvalue weighted by Crippen LogP contribution is 2.35. The summed E-state index contributed by atoms with van der Waals surface area (Å²) in [6, 6.07) is 5.52. The maximum Gasteiger partial charge on any atom is 0.0951 e. The summed E-state index contributed by atoms with van der Waals surface area (Å²) in [5.41, 5.74) is 2.64. The lowest BCUT2D eigenvalue weighted by atomic mass is 10.3. The molecule has 0 saturated heterocycles. The van der Waals surface area contributed by atoms with Crippen molar-refractivity contribution < 1.29 is 0 Å². The summed E-state index contributed by atoms with van der Waals surface area (Å²) < 4.78 is 4.64. The summed E-state index contributed by atoms with van der Waals surface area (Å²) in [6.07, 6.45) is 8.73. The van der Waals surface area contributed by atoms with Gasteiger partial charge in [-0.15, -0.1) is 0 Å². The maximum atomic E-state index is 4.30. The molecule has 0 atom stereocenters. The molecular formula is C15H22N4. The lowest BCUT2D eigenvalue weighted by Gasteiger charge is -2.13. The smallest absolute Gasteiger partial charge is 0.0951 e. The summed E-state index contributed by atoms with van der Waals surface area (Å²) >= 11 is 0. The van der Waals surface area contributed by atoms with Gasteiger partial charge < -0.3 is 14.5 Å². The topological polar surface area (TPSA) is 34.8 Å². The van der Waals surface area contributed by atoms with Gasteiger partial charge in [-0.05, 0) is 25.0 Å². The minimum absolute atomic E-state index is 0.514. The van der Waals surface area contributed by atoms with E-state index in [0.717, 1.165) is 13.1 Å². The molecule has 2 aromatic rings. The van der Waals surface area contributed by atoms with Crippen LogP contribution in [0.1, 0.15) is 44.1 Å². The fraction of sp³-hybridized carbons (Fsp3) is 0.533. The molecule has 19 heavy (non-hydrogen) atoms. The van der Waals surface area contributed by atoms with Gasteiger partial charge in [-0.25, -0.2) is 4.98 Å². The van der Waals surface area contributed by atoms with Crippen molar-refractivity contribution in [2.75, 3.05) is 0 Å². The Kier molecular flexibility index (Phi) is 3.42. The molecule has 1 N–H and O–H groups in total. The van der Waals surface area contributed by atoms with Crippen molar-refractivity contribution in [1.82, 2.24) is 19.4 Å². The summed E-state index contributed by atoms with van der Waals surface area (Å²) in [5.74, 6) is 0. The third kappa shape index (κ3) is 2.89. The highest BCUT2D eigenvalue weighted by atomic mass is 15.1. The molecule has 4 heteroatoms. The van der Waals surface area contributed by atoms with Crippen molar-refractivity contribution >= 4 is 0 Å². The Bertz CT molecular complexity index is 534. The first-order valence-corrected chi connectivity index (χ1v) is 7.12. The van der Waals surface area contributed by atoms with Crippen molar-refractivity contribution in [1.29, 1.82) is 0 Å². The molecule has 0 aromatic carbocycles. The average molecular weight is 258 g/mol. The molecule has 102 valence electrons. The highest BCUT2D eigenvalue weighted by molar-refractivity contribution is 5.12. The maximum absolute atomic E-state index is 4.30. The SMILES string of the molecule is CC(C)NCc1cccn1Cc1cncn1C1CC1. The van der Waals surface area contributed by atoms with Gasteiger partial charge in [0.25, 0.3) is 0 Å². The van der Waals surface area contributed by atoms with Gasteiger partial charge >= 0.3 is 0 Å². The predicted octanol–water partition coefficient (Wildman–Crippen LogP) is 2.57. The van der Waals surface area contributed by atoms with E-state index in [1.54, 1.807) is 0 Å². The number of hydrogen-bond donors (Lipinski definition) is 1. The normalized spacial score (nSPS) is 15.3. The van der Waals surface area contributed by atoms with E-state index in [2.05, 4.69) is 51.6 Å². The fourth-order valence-corrected chi connectivity index (χ4v) is 2.38. The van der Waals surface area contributed by atoms with Crippen LogP contribution in [0.15, 0.2) is 30.9 Å². The van der Waals surface area contributed by atoms with Crippen LogP contribution in [-0.4, -0.2) is 20.2 Å². The molecule has 0 amide bonds. The number of imidazole rings is 1. The molecule has 0 spiro atoms.